The van der Waals surface area contributed by atoms with Crippen molar-refractivity contribution in [3.63, 3.8) is 0 Å². The van der Waals surface area contributed by atoms with E-state index in [4.69, 9.17) is 0 Å². The molecule has 0 spiro atoms. The first-order valence-electron chi connectivity index (χ1n) is 4.75. The van der Waals surface area contributed by atoms with Gasteiger partial charge in [0.05, 0.1) is 18.3 Å². The molecule has 0 fully saturated rings. The van der Waals surface area contributed by atoms with Gasteiger partial charge in [-0.05, 0) is 0 Å². The fourth-order valence-electron chi connectivity index (χ4n) is 1.36. The first-order valence-corrected chi connectivity index (χ1v) is 4.75. The molecule has 0 aliphatic rings. The molecule has 0 aliphatic heterocycles. The van der Waals surface area contributed by atoms with Crippen LogP contribution in [0.2, 0.25) is 0 Å². The highest BCUT2D eigenvalue weighted by molar-refractivity contribution is 5.93. The number of carbonyl (C=O) groups is 1. The van der Waals surface area contributed by atoms with E-state index < -0.39 is 0 Å². The number of aryl methyl sites for hydroxylation is 1. The maximum Gasteiger partial charge on any atom is 0.257 e. The van der Waals surface area contributed by atoms with Crippen molar-refractivity contribution < 1.29 is 4.79 Å². The lowest BCUT2D eigenvalue weighted by Crippen LogP contribution is -2.26. The van der Waals surface area contributed by atoms with Crippen LogP contribution in [-0.2, 0) is 13.6 Å². The van der Waals surface area contributed by atoms with Crippen LogP contribution in [0.3, 0.4) is 0 Å². The van der Waals surface area contributed by atoms with Gasteiger partial charge in [-0.3, -0.25) is 14.6 Å². The molecule has 0 unspecified atom stereocenters. The minimum Gasteiger partial charge on any atom is -0.334 e. The summed E-state index contributed by atoms with van der Waals surface area (Å²) in [6, 6.07) is 0. The van der Waals surface area contributed by atoms with Gasteiger partial charge in [0.25, 0.3) is 5.91 Å². The SMILES string of the molecule is CN(Cc1ncn[nH]1)C(=O)c1cnn(C)c1. The van der Waals surface area contributed by atoms with E-state index in [9.17, 15) is 4.79 Å². The van der Waals surface area contributed by atoms with Crippen molar-refractivity contribution in [2.45, 2.75) is 6.54 Å². The summed E-state index contributed by atoms with van der Waals surface area (Å²) >= 11 is 0. The number of nitrogens with zero attached hydrogens (tertiary/aromatic N) is 5. The zero-order valence-corrected chi connectivity index (χ0v) is 9.08. The van der Waals surface area contributed by atoms with Gasteiger partial charge in [-0.15, -0.1) is 0 Å². The maximum absolute atomic E-state index is 11.9. The van der Waals surface area contributed by atoms with Crippen LogP contribution in [0.4, 0.5) is 0 Å². The Morgan fingerprint density at radius 1 is 1.62 bits per heavy atom. The molecule has 7 heteroatoms. The molecule has 7 nitrogen and oxygen atoms in total. The van der Waals surface area contributed by atoms with Gasteiger partial charge in [-0.25, -0.2) is 4.98 Å². The third kappa shape index (κ3) is 2.08. The first kappa shape index (κ1) is 10.3. The third-order valence-electron chi connectivity index (χ3n) is 2.15. The number of aromatic amines is 1. The van der Waals surface area contributed by atoms with E-state index in [0.717, 1.165) is 0 Å². The van der Waals surface area contributed by atoms with Crippen LogP contribution in [-0.4, -0.2) is 42.8 Å². The zero-order chi connectivity index (χ0) is 11.5. The molecule has 0 radical (unpaired) electrons. The molecule has 2 rings (SSSR count). The van der Waals surface area contributed by atoms with E-state index in [-0.39, 0.29) is 5.91 Å². The summed E-state index contributed by atoms with van der Waals surface area (Å²) in [4.78, 5) is 17.4. The van der Waals surface area contributed by atoms with Crippen molar-refractivity contribution in [3.05, 3.63) is 30.1 Å². The quantitative estimate of drug-likeness (QED) is 0.777. The lowest BCUT2D eigenvalue weighted by Gasteiger charge is -2.13. The summed E-state index contributed by atoms with van der Waals surface area (Å²) < 4.78 is 1.59. The number of hydrogen-bond donors (Lipinski definition) is 1. The normalized spacial score (nSPS) is 10.4. The van der Waals surface area contributed by atoms with Crippen LogP contribution < -0.4 is 0 Å². The molecule has 1 N–H and O–H groups in total. The van der Waals surface area contributed by atoms with Crippen molar-refractivity contribution in [1.82, 2.24) is 29.9 Å². The molecule has 2 heterocycles. The van der Waals surface area contributed by atoms with E-state index in [1.807, 2.05) is 0 Å². The van der Waals surface area contributed by atoms with Crippen LogP contribution in [0.25, 0.3) is 0 Å². The zero-order valence-electron chi connectivity index (χ0n) is 9.08. The number of carbonyl (C=O) groups excluding carboxylic acids is 1. The average molecular weight is 220 g/mol. The largest absolute Gasteiger partial charge is 0.334 e. The van der Waals surface area contributed by atoms with Crippen molar-refractivity contribution in [2.75, 3.05) is 7.05 Å². The van der Waals surface area contributed by atoms with Gasteiger partial charge in [0.1, 0.15) is 12.2 Å². The predicted octanol–water partition coefficient (Wildman–Crippen LogP) is -0.190. The lowest BCUT2D eigenvalue weighted by atomic mass is 10.3. The summed E-state index contributed by atoms with van der Waals surface area (Å²) in [7, 11) is 3.48. The minimum absolute atomic E-state index is 0.0931. The van der Waals surface area contributed by atoms with E-state index in [1.165, 1.54) is 6.33 Å². The number of aromatic nitrogens is 5. The highest BCUT2D eigenvalue weighted by Gasteiger charge is 2.14. The number of nitrogens with one attached hydrogen (secondary N) is 1. The van der Waals surface area contributed by atoms with Gasteiger partial charge in [-0.1, -0.05) is 0 Å². The second kappa shape index (κ2) is 4.13. The smallest absolute Gasteiger partial charge is 0.257 e. The Bertz CT molecular complexity index is 474. The molecule has 16 heavy (non-hydrogen) atoms. The van der Waals surface area contributed by atoms with Gasteiger partial charge >= 0.3 is 0 Å². The van der Waals surface area contributed by atoms with Crippen LogP contribution >= 0.6 is 0 Å². The molecule has 0 bridgehead atoms. The highest BCUT2D eigenvalue weighted by Crippen LogP contribution is 2.04. The second-order valence-corrected chi connectivity index (χ2v) is 3.50. The van der Waals surface area contributed by atoms with Gasteiger partial charge in [0.15, 0.2) is 0 Å². The van der Waals surface area contributed by atoms with E-state index >= 15 is 0 Å². The number of hydrogen-bond acceptors (Lipinski definition) is 4. The van der Waals surface area contributed by atoms with Crippen molar-refractivity contribution in [2.24, 2.45) is 7.05 Å². The fourth-order valence-corrected chi connectivity index (χ4v) is 1.36. The maximum atomic E-state index is 11.9. The molecule has 2 aromatic heterocycles. The van der Waals surface area contributed by atoms with Gasteiger partial charge in [0.2, 0.25) is 0 Å². The van der Waals surface area contributed by atoms with Gasteiger partial charge in [-0.2, -0.15) is 10.2 Å². The standard InChI is InChI=1S/C9H12N6O/c1-14(5-8-10-6-11-13-8)9(16)7-3-12-15(2)4-7/h3-4,6H,5H2,1-2H3,(H,10,11,13). The third-order valence-corrected chi connectivity index (χ3v) is 2.15. The second-order valence-electron chi connectivity index (χ2n) is 3.50. The molecule has 84 valence electrons. The number of amides is 1. The molecule has 0 aliphatic carbocycles. The highest BCUT2D eigenvalue weighted by atomic mass is 16.2. The molecule has 0 aromatic carbocycles. The molecule has 0 saturated heterocycles. The number of H-pyrrole nitrogens is 1. The minimum atomic E-state index is -0.0931. The van der Waals surface area contributed by atoms with Crippen LogP contribution in [0.1, 0.15) is 16.2 Å². The molecular weight excluding hydrogens is 208 g/mol. The van der Waals surface area contributed by atoms with Gasteiger partial charge < -0.3 is 4.90 Å². The van der Waals surface area contributed by atoms with Crippen molar-refractivity contribution in [1.29, 1.82) is 0 Å². The molecular formula is C9H12N6O. The summed E-state index contributed by atoms with van der Waals surface area (Å²) in [6.45, 7) is 0.397. The Balaban J connectivity index is 2.05. The Morgan fingerprint density at radius 2 is 2.44 bits per heavy atom. The van der Waals surface area contributed by atoms with E-state index in [1.54, 1.807) is 36.1 Å². The summed E-state index contributed by atoms with van der Waals surface area (Å²) in [5, 5.41) is 10.4. The van der Waals surface area contributed by atoms with E-state index in [2.05, 4.69) is 20.3 Å². The monoisotopic (exact) mass is 220 g/mol. The summed E-state index contributed by atoms with van der Waals surface area (Å²) in [5.74, 6) is 0.559. The summed E-state index contributed by atoms with van der Waals surface area (Å²) in [6.07, 6.45) is 4.64. The Hall–Kier alpha value is -2.18. The van der Waals surface area contributed by atoms with Crippen molar-refractivity contribution >= 4 is 5.91 Å². The number of rotatable bonds is 3. The Kier molecular flexibility index (Phi) is 2.67. The first-order chi connectivity index (χ1) is 7.66. The van der Waals surface area contributed by atoms with Gasteiger partial charge in [0, 0.05) is 20.3 Å². The lowest BCUT2D eigenvalue weighted by molar-refractivity contribution is 0.0781. The Labute approximate surface area is 92.1 Å². The summed E-state index contributed by atoms with van der Waals surface area (Å²) in [5.41, 5.74) is 0.560. The van der Waals surface area contributed by atoms with Crippen LogP contribution in [0, 0.1) is 0 Å². The molecule has 0 saturated carbocycles. The van der Waals surface area contributed by atoms with Crippen LogP contribution in [0.15, 0.2) is 18.7 Å². The fraction of sp³-hybridized carbons (Fsp3) is 0.333. The predicted molar refractivity (Wildman–Crippen MR) is 55.4 cm³/mol. The molecule has 2 aromatic rings. The molecule has 1 amide bonds. The van der Waals surface area contributed by atoms with Crippen molar-refractivity contribution in [3.8, 4) is 0 Å². The average Bonchev–Trinajstić information content (AvgIpc) is 2.88. The van der Waals surface area contributed by atoms with Crippen LogP contribution in [0.5, 0.6) is 0 Å². The topological polar surface area (TPSA) is 79.7 Å². The Morgan fingerprint density at radius 3 is 3.00 bits per heavy atom. The van der Waals surface area contributed by atoms with E-state index in [0.29, 0.717) is 17.9 Å². The molecule has 0 atom stereocenters.